The summed E-state index contributed by atoms with van der Waals surface area (Å²) in [5.41, 5.74) is 3.22. The van der Waals surface area contributed by atoms with Crippen LogP contribution in [0, 0.1) is 11.3 Å². The van der Waals surface area contributed by atoms with E-state index in [1.165, 1.54) is 27.8 Å². The molecule has 10 heteroatoms. The zero-order chi connectivity index (χ0) is 28.3. The average Bonchev–Trinajstić information content (AvgIpc) is 3.47. The molecule has 41 heavy (non-hydrogen) atoms. The number of nitrogens with zero attached hydrogens (tertiary/aromatic N) is 7. The van der Waals surface area contributed by atoms with E-state index in [1.54, 1.807) is 0 Å². The van der Waals surface area contributed by atoms with E-state index >= 15 is 0 Å². The Balaban J connectivity index is 1.32. The van der Waals surface area contributed by atoms with E-state index in [0.717, 1.165) is 49.6 Å². The third kappa shape index (κ3) is 5.46. The second-order valence-corrected chi connectivity index (χ2v) is 11.1. The van der Waals surface area contributed by atoms with Crippen LogP contribution in [0.3, 0.4) is 0 Å². The van der Waals surface area contributed by atoms with Crippen molar-refractivity contribution in [3.8, 4) is 12.1 Å². The maximum absolute atomic E-state index is 11.8. The first-order valence-corrected chi connectivity index (χ1v) is 14.7. The first-order valence-electron chi connectivity index (χ1n) is 14.7. The molecule has 3 aliphatic heterocycles. The molecular formula is C31H37N7O3. The number of benzene rings is 2. The highest BCUT2D eigenvalue weighted by Gasteiger charge is 2.34. The molecule has 0 saturated carbocycles. The fraction of sp³-hybridized carbons (Fsp3) is 0.484. The van der Waals surface area contributed by atoms with Gasteiger partial charge >= 0.3 is 12.1 Å². The van der Waals surface area contributed by atoms with Crippen LogP contribution in [0.25, 0.3) is 10.8 Å². The summed E-state index contributed by atoms with van der Waals surface area (Å²) in [7, 11) is 0. The average molecular weight is 556 g/mol. The van der Waals surface area contributed by atoms with Crippen LogP contribution in [-0.4, -0.2) is 88.9 Å². The molecule has 1 N–H and O–H groups in total. The number of likely N-dealkylation sites (N-methyl/N-ethyl adjacent to an activating group) is 1. The van der Waals surface area contributed by atoms with Crippen molar-refractivity contribution in [2.45, 2.75) is 51.2 Å². The van der Waals surface area contributed by atoms with Gasteiger partial charge in [0.05, 0.1) is 30.8 Å². The van der Waals surface area contributed by atoms with Crippen LogP contribution in [0.5, 0.6) is 6.01 Å². The predicted molar refractivity (Wildman–Crippen MR) is 157 cm³/mol. The molecule has 0 spiro atoms. The lowest BCUT2D eigenvalue weighted by molar-refractivity contribution is 0.119. The van der Waals surface area contributed by atoms with Crippen molar-refractivity contribution < 1.29 is 14.6 Å². The molecule has 0 aliphatic carbocycles. The van der Waals surface area contributed by atoms with Crippen LogP contribution >= 0.6 is 0 Å². The lowest BCUT2D eigenvalue weighted by Crippen LogP contribution is -2.55. The molecule has 2 saturated heterocycles. The molecule has 2 fully saturated rings. The maximum atomic E-state index is 11.8. The number of ether oxygens (including phenoxy) is 1. The van der Waals surface area contributed by atoms with E-state index in [9.17, 15) is 15.2 Å². The summed E-state index contributed by atoms with van der Waals surface area (Å²) in [5.74, 6) is 0.814. The molecule has 3 aromatic rings. The van der Waals surface area contributed by atoms with Gasteiger partial charge in [-0.2, -0.15) is 15.2 Å². The monoisotopic (exact) mass is 555 g/mol. The van der Waals surface area contributed by atoms with Crippen LogP contribution in [0.15, 0.2) is 42.5 Å². The Morgan fingerprint density at radius 2 is 1.93 bits per heavy atom. The van der Waals surface area contributed by atoms with Crippen LogP contribution < -0.4 is 14.5 Å². The van der Waals surface area contributed by atoms with Gasteiger partial charge in [0.1, 0.15) is 12.4 Å². The minimum absolute atomic E-state index is 0.142. The number of nitriles is 1. The Morgan fingerprint density at radius 3 is 2.76 bits per heavy atom. The molecule has 0 unspecified atom stereocenters. The summed E-state index contributed by atoms with van der Waals surface area (Å²) in [6.45, 7) is 7.53. The SMILES string of the molecule is CCN1CCC[C@H]1COc1nc2c(c(N3CCN(C(=O)O)[C@@H](CC#N)C3)n1)CCN(c1cccc3ccccc13)C2. The van der Waals surface area contributed by atoms with Gasteiger partial charge in [0.2, 0.25) is 0 Å². The lowest BCUT2D eigenvalue weighted by Gasteiger charge is -2.41. The normalized spacial score (nSPS) is 21.1. The first kappa shape index (κ1) is 27.1. The van der Waals surface area contributed by atoms with Crippen molar-refractivity contribution in [3.63, 3.8) is 0 Å². The number of hydrogen-bond donors (Lipinski definition) is 1. The number of carbonyl (C=O) groups is 1. The van der Waals surface area contributed by atoms with E-state index in [-0.39, 0.29) is 6.42 Å². The van der Waals surface area contributed by atoms with Gasteiger partial charge in [-0.3, -0.25) is 4.90 Å². The molecule has 1 amide bonds. The highest BCUT2D eigenvalue weighted by Crippen LogP contribution is 2.35. The summed E-state index contributed by atoms with van der Waals surface area (Å²) in [6, 6.07) is 17.3. The number of likely N-dealkylation sites (tertiary alicyclic amines) is 1. The molecular weight excluding hydrogens is 518 g/mol. The second kappa shape index (κ2) is 11.8. The minimum atomic E-state index is -0.985. The molecule has 3 aliphatic rings. The van der Waals surface area contributed by atoms with E-state index in [2.05, 4.69) is 70.2 Å². The molecule has 0 bridgehead atoms. The number of aromatic nitrogens is 2. The van der Waals surface area contributed by atoms with E-state index < -0.39 is 12.1 Å². The van der Waals surface area contributed by atoms with Gasteiger partial charge in [-0.25, -0.2) is 4.79 Å². The molecule has 4 heterocycles. The van der Waals surface area contributed by atoms with Crippen LogP contribution in [0.1, 0.15) is 37.4 Å². The fourth-order valence-corrected chi connectivity index (χ4v) is 6.65. The fourth-order valence-electron chi connectivity index (χ4n) is 6.65. The lowest BCUT2D eigenvalue weighted by atomic mass is 10.0. The second-order valence-electron chi connectivity index (χ2n) is 11.1. The third-order valence-electron chi connectivity index (χ3n) is 8.80. The highest BCUT2D eigenvalue weighted by molar-refractivity contribution is 5.94. The Kier molecular flexibility index (Phi) is 7.79. The van der Waals surface area contributed by atoms with Crippen LogP contribution in [0.4, 0.5) is 16.3 Å². The Morgan fingerprint density at radius 1 is 1.07 bits per heavy atom. The Bertz CT molecular complexity index is 1450. The highest BCUT2D eigenvalue weighted by atomic mass is 16.5. The summed E-state index contributed by atoms with van der Waals surface area (Å²) in [5, 5.41) is 21.5. The van der Waals surface area contributed by atoms with Gasteiger partial charge in [-0.1, -0.05) is 43.3 Å². The van der Waals surface area contributed by atoms with Crippen molar-refractivity contribution in [2.24, 2.45) is 0 Å². The number of amides is 1. The number of hydrogen-bond acceptors (Lipinski definition) is 8. The van der Waals surface area contributed by atoms with Crippen molar-refractivity contribution >= 4 is 28.4 Å². The van der Waals surface area contributed by atoms with Crippen LogP contribution in [-0.2, 0) is 13.0 Å². The third-order valence-corrected chi connectivity index (χ3v) is 8.80. The zero-order valence-corrected chi connectivity index (χ0v) is 23.6. The summed E-state index contributed by atoms with van der Waals surface area (Å²) in [6.07, 6.45) is 2.20. The van der Waals surface area contributed by atoms with Gasteiger partial charge in [-0.05, 0) is 43.8 Å². The minimum Gasteiger partial charge on any atom is -0.465 e. The maximum Gasteiger partial charge on any atom is 0.407 e. The van der Waals surface area contributed by atoms with Crippen molar-refractivity contribution in [1.82, 2.24) is 19.8 Å². The van der Waals surface area contributed by atoms with Gasteiger partial charge in [0.15, 0.2) is 0 Å². The zero-order valence-electron chi connectivity index (χ0n) is 23.6. The van der Waals surface area contributed by atoms with Crippen LogP contribution in [0.2, 0.25) is 0 Å². The first-order chi connectivity index (χ1) is 20.1. The summed E-state index contributed by atoms with van der Waals surface area (Å²) < 4.78 is 6.30. The summed E-state index contributed by atoms with van der Waals surface area (Å²) in [4.78, 5) is 30.1. The summed E-state index contributed by atoms with van der Waals surface area (Å²) >= 11 is 0. The molecule has 0 radical (unpaired) electrons. The van der Waals surface area contributed by atoms with E-state index in [4.69, 9.17) is 14.7 Å². The van der Waals surface area contributed by atoms with E-state index in [1.807, 2.05) is 0 Å². The molecule has 6 rings (SSSR count). The number of rotatable bonds is 7. The quantitative estimate of drug-likeness (QED) is 0.460. The van der Waals surface area contributed by atoms with Crippen molar-refractivity contribution in [1.29, 1.82) is 5.26 Å². The molecule has 10 nitrogen and oxygen atoms in total. The van der Waals surface area contributed by atoms with Gasteiger partial charge in [0.25, 0.3) is 0 Å². The molecule has 2 atom stereocenters. The Labute approximate surface area is 240 Å². The molecule has 214 valence electrons. The number of piperazine rings is 1. The molecule has 1 aromatic heterocycles. The number of fused-ring (bicyclic) bond motifs is 2. The predicted octanol–water partition coefficient (Wildman–Crippen LogP) is 4.14. The van der Waals surface area contributed by atoms with Gasteiger partial charge < -0.3 is 24.5 Å². The van der Waals surface area contributed by atoms with Crippen molar-refractivity contribution in [2.75, 3.05) is 55.7 Å². The smallest absolute Gasteiger partial charge is 0.407 e. The largest absolute Gasteiger partial charge is 0.465 e. The van der Waals surface area contributed by atoms with Gasteiger partial charge in [-0.15, -0.1) is 0 Å². The van der Waals surface area contributed by atoms with E-state index in [0.29, 0.717) is 44.8 Å². The van der Waals surface area contributed by atoms with Crippen molar-refractivity contribution in [3.05, 3.63) is 53.7 Å². The topological polar surface area (TPSA) is 109 Å². The standard InChI is InChI=1S/C31H37N7O3/c1-2-35-15-6-9-24(35)21-41-30-33-27-20-36(28-11-5-8-22-7-3-4-10-25(22)28)16-13-26(27)29(34-30)37-17-18-38(31(39)40)23(19-37)12-14-32/h3-5,7-8,10-11,23-24H,2,6,9,12-13,15-21H2,1H3,(H,39,40)/t23-,24-/m0/s1. The molecule has 2 aromatic carbocycles. The van der Waals surface area contributed by atoms with Gasteiger partial charge in [0, 0.05) is 48.9 Å². The number of anilines is 2. The Hall–Kier alpha value is -4.10. The number of carboxylic acid groups (broad SMARTS) is 1.